The van der Waals surface area contributed by atoms with E-state index in [2.05, 4.69) is 63.7 Å². The van der Waals surface area contributed by atoms with Crippen LogP contribution >= 0.6 is 0 Å². The molecule has 0 aliphatic heterocycles. The Morgan fingerprint density at radius 3 is 1.57 bits per heavy atom. The maximum absolute atomic E-state index is 13.0. The molecule has 0 spiro atoms. The Kier molecular flexibility index (Phi) is 13.6. The van der Waals surface area contributed by atoms with Gasteiger partial charge in [0.15, 0.2) is 5.69 Å². The molecule has 3 aromatic carbocycles. The standard InChI is InChI=1S/C11H13N.C11H16.C10H12F2/c1-9(2)8-10-6-4-5-7-11(10)12-3;1-9(2)8-11-7-5-4-6-10(11)3;1-7(2)6-8-9(11)4-3-5-10(8)12/h4-7,9H,8H2,1-2H3;4-7,9H,8H2,1-3H3;3-5,7H,6H2,1-2H3. The lowest BCUT2D eigenvalue weighted by Gasteiger charge is -2.07. The third-order valence-electron chi connectivity index (χ3n) is 5.30. The lowest BCUT2D eigenvalue weighted by molar-refractivity contribution is 0.525. The van der Waals surface area contributed by atoms with E-state index < -0.39 is 11.6 Å². The number of hydrogen-bond donors (Lipinski definition) is 0. The van der Waals surface area contributed by atoms with Crippen molar-refractivity contribution in [1.29, 1.82) is 0 Å². The summed E-state index contributed by atoms with van der Waals surface area (Å²) in [7, 11) is 0. The molecule has 0 aliphatic carbocycles. The van der Waals surface area contributed by atoms with Crippen molar-refractivity contribution in [2.75, 3.05) is 0 Å². The summed E-state index contributed by atoms with van der Waals surface area (Å²) in [6, 6.07) is 20.4. The average Bonchev–Trinajstić information content (AvgIpc) is 2.78. The Balaban J connectivity index is 0.000000263. The van der Waals surface area contributed by atoms with E-state index in [0.29, 0.717) is 12.3 Å². The summed E-state index contributed by atoms with van der Waals surface area (Å²) in [6.07, 6.45) is 2.66. The molecule has 0 saturated carbocycles. The summed E-state index contributed by atoms with van der Waals surface area (Å²) in [5, 5.41) is 0. The molecule has 0 bridgehead atoms. The topological polar surface area (TPSA) is 4.36 Å². The maximum Gasteiger partial charge on any atom is 0.190 e. The summed E-state index contributed by atoms with van der Waals surface area (Å²) in [4.78, 5) is 3.47. The molecule has 3 rings (SSSR count). The first-order chi connectivity index (χ1) is 16.5. The van der Waals surface area contributed by atoms with E-state index in [9.17, 15) is 8.78 Å². The van der Waals surface area contributed by atoms with Crippen LogP contribution < -0.4 is 0 Å². The van der Waals surface area contributed by atoms with Gasteiger partial charge in [-0.3, -0.25) is 0 Å². The summed E-state index contributed by atoms with van der Waals surface area (Å²) >= 11 is 0. The van der Waals surface area contributed by atoms with Gasteiger partial charge in [0.25, 0.3) is 0 Å². The highest BCUT2D eigenvalue weighted by Crippen LogP contribution is 2.21. The summed E-state index contributed by atoms with van der Waals surface area (Å²) in [5.74, 6) is 0.771. The minimum absolute atomic E-state index is 0.201. The van der Waals surface area contributed by atoms with Crippen LogP contribution in [0.1, 0.15) is 63.8 Å². The summed E-state index contributed by atoms with van der Waals surface area (Å²) < 4.78 is 25.9. The molecule has 0 atom stereocenters. The Labute approximate surface area is 212 Å². The number of hydrogen-bond acceptors (Lipinski definition) is 0. The van der Waals surface area contributed by atoms with E-state index >= 15 is 0 Å². The maximum atomic E-state index is 13.0. The molecule has 35 heavy (non-hydrogen) atoms. The number of benzene rings is 3. The molecule has 0 aliphatic rings. The van der Waals surface area contributed by atoms with Gasteiger partial charge in [0, 0.05) is 5.56 Å². The van der Waals surface area contributed by atoms with E-state index in [4.69, 9.17) is 6.57 Å². The molecule has 188 valence electrons. The van der Waals surface area contributed by atoms with Crippen LogP contribution in [0.25, 0.3) is 4.85 Å². The van der Waals surface area contributed by atoms with Gasteiger partial charge in [0.1, 0.15) is 11.6 Å². The molecule has 0 N–H and O–H groups in total. The number of nitrogens with zero attached hydrogens (tertiary/aromatic N) is 1. The fourth-order valence-corrected chi connectivity index (χ4v) is 3.65. The van der Waals surface area contributed by atoms with Crippen LogP contribution in [0.15, 0.2) is 66.7 Å². The van der Waals surface area contributed by atoms with Crippen LogP contribution in [0.5, 0.6) is 0 Å². The van der Waals surface area contributed by atoms with Crippen LogP contribution in [0.4, 0.5) is 14.5 Å². The number of para-hydroxylation sites is 1. The predicted molar refractivity (Wildman–Crippen MR) is 146 cm³/mol. The fraction of sp³-hybridized carbons (Fsp3) is 0.406. The number of aryl methyl sites for hydroxylation is 1. The largest absolute Gasteiger partial charge is 0.238 e. The Morgan fingerprint density at radius 1 is 0.629 bits per heavy atom. The lowest BCUT2D eigenvalue weighted by atomic mass is 9.99. The SMILES string of the molecule is CC(C)Cc1c(F)cccc1F.Cc1ccccc1CC(C)C.[C-]#[N+]c1ccccc1CC(C)C. The molecular weight excluding hydrogens is 436 g/mol. The Morgan fingerprint density at radius 2 is 1.09 bits per heavy atom. The molecule has 0 saturated heterocycles. The molecule has 0 unspecified atom stereocenters. The van der Waals surface area contributed by atoms with Crippen LogP contribution in [0, 0.1) is 42.9 Å². The Hall–Kier alpha value is -2.99. The smallest absolute Gasteiger partial charge is 0.190 e. The molecule has 0 radical (unpaired) electrons. The second-order valence-electron chi connectivity index (χ2n) is 10.2. The second kappa shape index (κ2) is 15.8. The van der Waals surface area contributed by atoms with Gasteiger partial charge in [0.05, 0.1) is 6.57 Å². The molecule has 0 heterocycles. The van der Waals surface area contributed by atoms with Crippen LogP contribution in [0.2, 0.25) is 0 Å². The molecule has 3 aromatic rings. The Bertz CT molecular complexity index is 1040. The first kappa shape index (κ1) is 30.0. The van der Waals surface area contributed by atoms with Crippen molar-refractivity contribution in [3.05, 3.63) is 112 Å². The van der Waals surface area contributed by atoms with Gasteiger partial charge in [-0.15, -0.1) is 0 Å². The van der Waals surface area contributed by atoms with Crippen molar-refractivity contribution in [2.45, 2.75) is 67.7 Å². The molecule has 1 nitrogen and oxygen atoms in total. The van der Waals surface area contributed by atoms with E-state index in [1.807, 2.05) is 38.1 Å². The van der Waals surface area contributed by atoms with E-state index in [1.165, 1.54) is 41.3 Å². The van der Waals surface area contributed by atoms with Crippen molar-refractivity contribution in [1.82, 2.24) is 0 Å². The van der Waals surface area contributed by atoms with E-state index in [0.717, 1.165) is 18.0 Å². The number of halogens is 2. The van der Waals surface area contributed by atoms with Crippen LogP contribution in [-0.4, -0.2) is 0 Å². The van der Waals surface area contributed by atoms with Gasteiger partial charge in [-0.05, 0) is 72.8 Å². The predicted octanol–water partition coefficient (Wildman–Crippen LogP) is 9.79. The van der Waals surface area contributed by atoms with Crippen molar-refractivity contribution in [3.63, 3.8) is 0 Å². The molecule has 3 heteroatoms. The minimum atomic E-state index is -0.441. The average molecular weight is 478 g/mol. The van der Waals surface area contributed by atoms with Gasteiger partial charge >= 0.3 is 0 Å². The highest BCUT2D eigenvalue weighted by molar-refractivity contribution is 5.52. The lowest BCUT2D eigenvalue weighted by Crippen LogP contribution is -2.00. The third-order valence-corrected chi connectivity index (χ3v) is 5.30. The van der Waals surface area contributed by atoms with Crippen molar-refractivity contribution in [3.8, 4) is 0 Å². The second-order valence-corrected chi connectivity index (χ2v) is 10.2. The summed E-state index contributed by atoms with van der Waals surface area (Å²) in [6.45, 7) is 21.9. The third kappa shape index (κ3) is 11.8. The number of rotatable bonds is 6. The first-order valence-corrected chi connectivity index (χ1v) is 12.5. The first-order valence-electron chi connectivity index (χ1n) is 12.5. The van der Waals surface area contributed by atoms with E-state index in [1.54, 1.807) is 0 Å². The van der Waals surface area contributed by atoms with Gasteiger partial charge in [-0.1, -0.05) is 96.1 Å². The van der Waals surface area contributed by atoms with Crippen LogP contribution in [-0.2, 0) is 19.3 Å². The fourth-order valence-electron chi connectivity index (χ4n) is 3.65. The van der Waals surface area contributed by atoms with Crippen molar-refractivity contribution < 1.29 is 8.78 Å². The molecule has 0 aromatic heterocycles. The quantitative estimate of drug-likeness (QED) is 0.311. The zero-order valence-electron chi connectivity index (χ0n) is 22.4. The highest BCUT2D eigenvalue weighted by atomic mass is 19.1. The molecular formula is C32H41F2N. The van der Waals surface area contributed by atoms with Gasteiger partial charge in [-0.25, -0.2) is 13.6 Å². The van der Waals surface area contributed by atoms with Crippen molar-refractivity contribution >= 4 is 5.69 Å². The van der Waals surface area contributed by atoms with Gasteiger partial charge in [0.2, 0.25) is 0 Å². The minimum Gasteiger partial charge on any atom is -0.238 e. The normalized spacial score (nSPS) is 10.4. The van der Waals surface area contributed by atoms with E-state index in [-0.39, 0.29) is 11.5 Å². The molecule has 0 fully saturated rings. The highest BCUT2D eigenvalue weighted by Gasteiger charge is 2.09. The zero-order valence-corrected chi connectivity index (χ0v) is 22.4. The monoisotopic (exact) mass is 477 g/mol. The summed E-state index contributed by atoms with van der Waals surface area (Å²) in [5.41, 5.74) is 5.07. The zero-order chi connectivity index (χ0) is 26.4. The van der Waals surface area contributed by atoms with Gasteiger partial charge in [-0.2, -0.15) is 0 Å². The van der Waals surface area contributed by atoms with Crippen LogP contribution in [0.3, 0.4) is 0 Å². The van der Waals surface area contributed by atoms with Crippen molar-refractivity contribution in [2.24, 2.45) is 17.8 Å². The molecule has 0 amide bonds. The van der Waals surface area contributed by atoms with Gasteiger partial charge < -0.3 is 0 Å².